The Kier molecular flexibility index (Phi) is 7.40. The van der Waals surface area contributed by atoms with E-state index in [0.717, 1.165) is 48.4 Å². The normalized spacial score (nSPS) is 21.6. The number of nitrogens with zero attached hydrogens (tertiary/aromatic N) is 3. The van der Waals surface area contributed by atoms with Crippen molar-refractivity contribution in [1.29, 1.82) is 0 Å². The van der Waals surface area contributed by atoms with Gasteiger partial charge in [-0.1, -0.05) is 28.6 Å². The predicted molar refractivity (Wildman–Crippen MR) is 155 cm³/mol. The third kappa shape index (κ3) is 5.47. The van der Waals surface area contributed by atoms with E-state index in [1.807, 2.05) is 0 Å². The van der Waals surface area contributed by atoms with Crippen molar-refractivity contribution in [3.63, 3.8) is 0 Å². The molecule has 2 bridgehead atoms. The van der Waals surface area contributed by atoms with Gasteiger partial charge in [-0.25, -0.2) is 9.78 Å². The van der Waals surface area contributed by atoms with Crippen LogP contribution in [0.2, 0.25) is 0 Å². The second kappa shape index (κ2) is 11.3. The minimum absolute atomic E-state index is 0.0462. The molecule has 9 nitrogen and oxygen atoms in total. The summed E-state index contributed by atoms with van der Waals surface area (Å²) >= 11 is 1.53. The number of esters is 1. The van der Waals surface area contributed by atoms with Gasteiger partial charge < -0.3 is 28.4 Å². The summed E-state index contributed by atoms with van der Waals surface area (Å²) in [6.45, 7) is 0.184. The number of halogens is 3. The molecule has 2 aromatic heterocycles. The molecule has 0 amide bonds. The van der Waals surface area contributed by atoms with Gasteiger partial charge in [0.1, 0.15) is 28.5 Å². The molecule has 4 aromatic rings. The van der Waals surface area contributed by atoms with Crippen LogP contribution in [0.5, 0.6) is 11.5 Å². The molecule has 0 N–H and O–H groups in total. The first-order chi connectivity index (χ1) is 21.2. The number of hydrogen-bond donors (Lipinski definition) is 0. The molecule has 1 saturated carbocycles. The van der Waals surface area contributed by atoms with Crippen molar-refractivity contribution in [1.82, 2.24) is 10.1 Å². The number of para-hydroxylation sites is 1. The Morgan fingerprint density at radius 3 is 2.50 bits per heavy atom. The molecule has 44 heavy (non-hydrogen) atoms. The van der Waals surface area contributed by atoms with E-state index in [2.05, 4.69) is 14.8 Å². The van der Waals surface area contributed by atoms with Crippen LogP contribution in [0.1, 0.15) is 66.1 Å². The Morgan fingerprint density at radius 2 is 1.82 bits per heavy atom. The molecule has 2 unspecified atom stereocenters. The Labute approximate surface area is 254 Å². The van der Waals surface area contributed by atoms with Crippen LogP contribution in [0.25, 0.3) is 21.5 Å². The van der Waals surface area contributed by atoms with Gasteiger partial charge in [0, 0.05) is 29.1 Å². The van der Waals surface area contributed by atoms with Crippen molar-refractivity contribution in [3.8, 4) is 22.8 Å². The fourth-order valence-electron chi connectivity index (χ4n) is 6.48. The van der Waals surface area contributed by atoms with Crippen LogP contribution in [0.3, 0.4) is 0 Å². The average molecular weight is 630 g/mol. The number of thiazole rings is 1. The van der Waals surface area contributed by atoms with Gasteiger partial charge in [-0.2, -0.15) is 0 Å². The third-order valence-corrected chi connectivity index (χ3v) is 9.61. The maximum absolute atomic E-state index is 13.1. The number of ether oxygens (including phenoxy) is 4. The van der Waals surface area contributed by atoms with E-state index in [1.165, 1.54) is 30.6 Å². The molecule has 13 heteroatoms. The molecule has 4 heterocycles. The molecular formula is C31H30F3N3O6S. The zero-order chi connectivity index (χ0) is 30.6. The van der Waals surface area contributed by atoms with Crippen LogP contribution in [0, 0.1) is 0 Å². The van der Waals surface area contributed by atoms with Gasteiger partial charge in [0.15, 0.2) is 5.13 Å². The molecule has 2 saturated heterocycles. The molecule has 0 spiro atoms. The summed E-state index contributed by atoms with van der Waals surface area (Å²) in [5, 5.41) is 5.08. The molecule has 7 rings (SSSR count). The van der Waals surface area contributed by atoms with Gasteiger partial charge in [-0.3, -0.25) is 0 Å². The van der Waals surface area contributed by atoms with Crippen LogP contribution >= 0.6 is 11.3 Å². The lowest BCUT2D eigenvalue weighted by Crippen LogP contribution is -2.45. The van der Waals surface area contributed by atoms with E-state index in [9.17, 15) is 18.0 Å². The number of rotatable bonds is 9. The van der Waals surface area contributed by atoms with Crippen molar-refractivity contribution in [2.45, 2.75) is 75.6 Å². The smallest absolute Gasteiger partial charge is 0.494 e. The second-order valence-corrected chi connectivity index (χ2v) is 12.4. The highest BCUT2D eigenvalue weighted by atomic mass is 32.1. The minimum Gasteiger partial charge on any atom is -0.494 e. The van der Waals surface area contributed by atoms with Gasteiger partial charge in [0.25, 0.3) is 0 Å². The zero-order valence-corrected chi connectivity index (χ0v) is 24.9. The average Bonchev–Trinajstić information content (AvgIpc) is 3.52. The molecule has 3 fully saturated rings. The number of fused-ring (bicyclic) bond motifs is 3. The van der Waals surface area contributed by atoms with Crippen LogP contribution in [-0.2, 0) is 16.1 Å². The van der Waals surface area contributed by atoms with E-state index in [1.54, 1.807) is 31.4 Å². The lowest BCUT2D eigenvalue weighted by Gasteiger charge is -2.38. The fourth-order valence-corrected chi connectivity index (χ4v) is 7.65. The number of methoxy groups -OCH3 is 2. The number of anilines is 1. The van der Waals surface area contributed by atoms with E-state index in [-0.39, 0.29) is 42.0 Å². The van der Waals surface area contributed by atoms with Crippen molar-refractivity contribution < 1.29 is 41.4 Å². The second-order valence-electron chi connectivity index (χ2n) is 11.4. The molecule has 2 aromatic carbocycles. The van der Waals surface area contributed by atoms with Gasteiger partial charge in [0.2, 0.25) is 0 Å². The Balaban J connectivity index is 1.10. The highest BCUT2D eigenvalue weighted by Gasteiger charge is 2.43. The van der Waals surface area contributed by atoms with Crippen LogP contribution < -0.4 is 14.4 Å². The topological polar surface area (TPSA) is 96.2 Å². The standard InChI is InChI=1S/C31H30F3N3O6S/c1-39-24-11-17(29(38)40-2)12-25-27(24)35-30(44-25)37-18-9-10-19(37)14-20(13-18)41-15-22-26(36-43-28(22)16-7-8-16)21-5-3-4-6-23(21)42-31(32,33)34/h3-6,11-12,16,18-20H,7-10,13-15H2,1-2H3. The quantitative estimate of drug-likeness (QED) is 0.178. The van der Waals surface area contributed by atoms with Crippen molar-refractivity contribution >= 4 is 32.7 Å². The number of piperidine rings is 1. The fraction of sp³-hybridized carbons (Fsp3) is 0.452. The van der Waals surface area contributed by atoms with Crippen molar-refractivity contribution in [2.75, 3.05) is 19.1 Å². The lowest BCUT2D eigenvalue weighted by atomic mass is 10.00. The van der Waals surface area contributed by atoms with Crippen LogP contribution in [0.4, 0.5) is 18.3 Å². The Hall–Kier alpha value is -3.84. The summed E-state index contributed by atoms with van der Waals surface area (Å²) < 4.78 is 67.2. The number of aromatic nitrogens is 2. The number of carbonyl (C=O) groups excluding carboxylic acids is 1. The van der Waals surface area contributed by atoms with Gasteiger partial charge in [0.05, 0.1) is 37.2 Å². The maximum atomic E-state index is 13.1. The van der Waals surface area contributed by atoms with Crippen LogP contribution in [-0.4, -0.2) is 54.9 Å². The third-order valence-electron chi connectivity index (χ3n) is 8.60. The summed E-state index contributed by atoms with van der Waals surface area (Å²) in [6, 6.07) is 9.84. The monoisotopic (exact) mass is 629 g/mol. The Bertz CT molecular complexity index is 1690. The van der Waals surface area contributed by atoms with Crippen molar-refractivity contribution in [3.05, 3.63) is 53.3 Å². The number of alkyl halides is 3. The summed E-state index contributed by atoms with van der Waals surface area (Å²) in [5.41, 5.74) is 2.34. The first-order valence-electron chi connectivity index (χ1n) is 14.5. The molecule has 3 aliphatic rings. The Morgan fingerprint density at radius 1 is 1.07 bits per heavy atom. The SMILES string of the molecule is COC(=O)c1cc(OC)c2nc(N3C4CCC3CC(OCc3c(-c5ccccc5OC(F)(F)F)noc3C3CC3)C4)sc2c1. The minimum atomic E-state index is -4.83. The molecule has 232 valence electrons. The summed E-state index contributed by atoms with van der Waals surface area (Å²) in [7, 11) is 2.90. The van der Waals surface area contributed by atoms with Crippen molar-refractivity contribution in [2.24, 2.45) is 0 Å². The molecular weight excluding hydrogens is 599 g/mol. The highest BCUT2D eigenvalue weighted by molar-refractivity contribution is 7.22. The number of hydrogen-bond acceptors (Lipinski definition) is 10. The van der Waals surface area contributed by atoms with Gasteiger partial charge >= 0.3 is 12.3 Å². The first kappa shape index (κ1) is 28.9. The van der Waals surface area contributed by atoms with Crippen LogP contribution in [0.15, 0.2) is 40.9 Å². The van der Waals surface area contributed by atoms with E-state index in [4.69, 9.17) is 23.7 Å². The van der Waals surface area contributed by atoms with Gasteiger partial charge in [-0.05, 0) is 62.8 Å². The van der Waals surface area contributed by atoms with E-state index in [0.29, 0.717) is 33.8 Å². The first-order valence-corrected chi connectivity index (χ1v) is 15.3. The predicted octanol–water partition coefficient (Wildman–Crippen LogP) is 7.24. The zero-order valence-electron chi connectivity index (χ0n) is 24.1. The molecule has 0 radical (unpaired) electrons. The van der Waals surface area contributed by atoms with E-state index < -0.39 is 12.3 Å². The maximum Gasteiger partial charge on any atom is 0.573 e. The number of carbonyl (C=O) groups is 1. The lowest BCUT2D eigenvalue weighted by molar-refractivity contribution is -0.274. The highest BCUT2D eigenvalue weighted by Crippen LogP contribution is 2.47. The molecule has 2 atom stereocenters. The molecule has 1 aliphatic carbocycles. The number of benzene rings is 2. The summed E-state index contributed by atoms with van der Waals surface area (Å²) in [6.07, 6.45) is 0.570. The summed E-state index contributed by atoms with van der Waals surface area (Å²) in [5.74, 6) is 0.634. The largest absolute Gasteiger partial charge is 0.573 e. The summed E-state index contributed by atoms with van der Waals surface area (Å²) in [4.78, 5) is 19.5. The van der Waals surface area contributed by atoms with E-state index >= 15 is 0 Å². The molecule has 2 aliphatic heterocycles. The van der Waals surface area contributed by atoms with Gasteiger partial charge in [-0.15, -0.1) is 13.2 Å².